The molecule has 1 aromatic rings. The van der Waals surface area contributed by atoms with Crippen molar-refractivity contribution in [3.8, 4) is 11.5 Å². The van der Waals surface area contributed by atoms with Gasteiger partial charge in [0.2, 0.25) is 0 Å². The monoisotopic (exact) mass is 470 g/mol. The third-order valence-corrected chi connectivity index (χ3v) is 7.89. The van der Waals surface area contributed by atoms with Gasteiger partial charge in [-0.25, -0.2) is 0 Å². The zero-order chi connectivity index (χ0) is 25.3. The van der Waals surface area contributed by atoms with E-state index in [1.807, 2.05) is 6.92 Å². The lowest BCUT2D eigenvalue weighted by atomic mass is 9.85. The van der Waals surface area contributed by atoms with Crippen molar-refractivity contribution in [1.82, 2.24) is 0 Å². The molecule has 0 bridgehead atoms. The Hall–Kier alpha value is -1.44. The number of benzene rings is 1. The minimum absolute atomic E-state index is 0.0467. The quantitative estimate of drug-likeness (QED) is 0.237. The summed E-state index contributed by atoms with van der Waals surface area (Å²) in [4.78, 5) is 0. The highest BCUT2D eigenvalue weighted by Gasteiger charge is 2.33. The van der Waals surface area contributed by atoms with E-state index in [-0.39, 0.29) is 5.60 Å². The Morgan fingerprint density at radius 3 is 2.15 bits per heavy atom. The molecule has 0 saturated carbocycles. The van der Waals surface area contributed by atoms with Gasteiger partial charge in [-0.3, -0.25) is 0 Å². The van der Waals surface area contributed by atoms with Crippen molar-refractivity contribution in [3.05, 3.63) is 34.9 Å². The molecule has 2 rings (SSSR count). The van der Waals surface area contributed by atoms with Crippen LogP contribution in [0.5, 0.6) is 11.5 Å². The Balaban J connectivity index is 1.77. The molecule has 34 heavy (non-hydrogen) atoms. The predicted octanol–water partition coefficient (Wildman–Crippen LogP) is 9.78. The normalized spacial score (nSPS) is 19.4. The number of aryl methyl sites for hydroxylation is 1. The first kappa shape index (κ1) is 28.8. The van der Waals surface area contributed by atoms with Gasteiger partial charge in [0.15, 0.2) is 0 Å². The largest absolute Gasteiger partial charge is 0.489 e. The van der Waals surface area contributed by atoms with Crippen LogP contribution >= 0.6 is 0 Å². The van der Waals surface area contributed by atoms with Gasteiger partial charge in [0, 0.05) is 0 Å². The zero-order valence-corrected chi connectivity index (χ0v) is 23.8. The third kappa shape index (κ3) is 9.31. The Morgan fingerprint density at radius 2 is 1.56 bits per heavy atom. The van der Waals surface area contributed by atoms with Crippen molar-refractivity contribution < 1.29 is 9.47 Å². The summed E-state index contributed by atoms with van der Waals surface area (Å²) in [6, 6.07) is 2.20. The van der Waals surface area contributed by atoms with E-state index in [1.54, 1.807) is 0 Å². The maximum atomic E-state index is 6.69. The van der Waals surface area contributed by atoms with Crippen LogP contribution < -0.4 is 9.47 Å². The molecule has 1 heterocycles. The summed E-state index contributed by atoms with van der Waals surface area (Å²) in [6.45, 7) is 22.8. The van der Waals surface area contributed by atoms with Crippen molar-refractivity contribution in [3.63, 3.8) is 0 Å². The molecule has 2 nitrogen and oxygen atoms in total. The molecule has 0 N–H and O–H groups in total. The van der Waals surface area contributed by atoms with E-state index in [9.17, 15) is 0 Å². The second kappa shape index (κ2) is 13.6. The van der Waals surface area contributed by atoms with E-state index in [0.29, 0.717) is 6.61 Å². The maximum absolute atomic E-state index is 6.69. The summed E-state index contributed by atoms with van der Waals surface area (Å²) < 4.78 is 12.7. The van der Waals surface area contributed by atoms with Crippen molar-refractivity contribution in [2.24, 2.45) is 17.8 Å². The second-order valence-corrected chi connectivity index (χ2v) is 12.3. The average Bonchev–Trinajstić information content (AvgIpc) is 2.75. The number of hydrogen-bond acceptors (Lipinski definition) is 2. The molecule has 3 atom stereocenters. The van der Waals surface area contributed by atoms with Gasteiger partial charge in [-0.1, -0.05) is 79.2 Å². The molecule has 2 heteroatoms. The lowest BCUT2D eigenvalue weighted by molar-refractivity contribution is 0.0513. The van der Waals surface area contributed by atoms with Crippen LogP contribution in [0.4, 0.5) is 0 Å². The predicted molar refractivity (Wildman–Crippen MR) is 148 cm³/mol. The molecule has 1 aliphatic heterocycles. The van der Waals surface area contributed by atoms with Crippen LogP contribution in [0, 0.1) is 31.6 Å². The van der Waals surface area contributed by atoms with Crippen LogP contribution in [-0.2, 0) is 6.42 Å². The highest BCUT2D eigenvalue weighted by Crippen LogP contribution is 2.42. The SMILES string of the molecule is C=C(C)COc1cc2c(c(C)c1C)O[C@](C)(CCCC(C)CCCC(C)CCCC(C)C)CC2. The molecule has 0 radical (unpaired) electrons. The Kier molecular flexibility index (Phi) is 11.5. The number of fused-ring (bicyclic) bond motifs is 1. The fourth-order valence-corrected chi connectivity index (χ4v) is 5.28. The number of hydrogen-bond donors (Lipinski definition) is 0. The summed E-state index contributed by atoms with van der Waals surface area (Å²) in [7, 11) is 0. The van der Waals surface area contributed by atoms with Crippen molar-refractivity contribution in [1.29, 1.82) is 0 Å². The summed E-state index contributed by atoms with van der Waals surface area (Å²) >= 11 is 0. The van der Waals surface area contributed by atoms with Gasteiger partial charge < -0.3 is 9.47 Å². The van der Waals surface area contributed by atoms with Crippen molar-refractivity contribution in [2.45, 2.75) is 132 Å². The lowest BCUT2D eigenvalue weighted by Crippen LogP contribution is -2.36. The Bertz CT molecular complexity index is 778. The highest BCUT2D eigenvalue weighted by molar-refractivity contribution is 5.53. The van der Waals surface area contributed by atoms with E-state index >= 15 is 0 Å². The van der Waals surface area contributed by atoms with Gasteiger partial charge in [-0.05, 0) is 99.5 Å². The molecule has 0 aliphatic carbocycles. The van der Waals surface area contributed by atoms with Gasteiger partial charge in [-0.2, -0.15) is 0 Å². The van der Waals surface area contributed by atoms with Gasteiger partial charge in [0.1, 0.15) is 23.7 Å². The van der Waals surface area contributed by atoms with E-state index in [4.69, 9.17) is 9.47 Å². The van der Waals surface area contributed by atoms with Crippen LogP contribution in [-0.4, -0.2) is 12.2 Å². The van der Waals surface area contributed by atoms with Crippen LogP contribution in [0.25, 0.3) is 0 Å². The summed E-state index contributed by atoms with van der Waals surface area (Å²) in [5.74, 6) is 4.64. The van der Waals surface area contributed by atoms with Gasteiger partial charge in [-0.15, -0.1) is 0 Å². The van der Waals surface area contributed by atoms with E-state index in [2.05, 4.69) is 61.1 Å². The van der Waals surface area contributed by atoms with Crippen molar-refractivity contribution in [2.75, 3.05) is 6.61 Å². The topological polar surface area (TPSA) is 18.5 Å². The molecule has 0 aromatic heterocycles. The molecule has 0 spiro atoms. The highest BCUT2D eigenvalue weighted by atomic mass is 16.5. The standard InChI is InChI=1S/C32H54O2/c1-23(2)13-10-14-25(5)15-11-16-26(6)17-12-19-32(9)20-18-29-21-30(33-22-24(3)4)27(7)28(8)31(29)34-32/h21,23,25-26H,3,10-20,22H2,1-2,4-9H3/t25?,26?,32-/m1/s1. The molecule has 194 valence electrons. The van der Waals surface area contributed by atoms with Crippen molar-refractivity contribution >= 4 is 0 Å². The maximum Gasteiger partial charge on any atom is 0.126 e. The van der Waals surface area contributed by atoms with E-state index in [0.717, 1.165) is 54.1 Å². The van der Waals surface area contributed by atoms with Gasteiger partial charge >= 0.3 is 0 Å². The lowest BCUT2D eigenvalue weighted by Gasteiger charge is -2.37. The molecule has 0 amide bonds. The minimum atomic E-state index is -0.0467. The van der Waals surface area contributed by atoms with E-state index in [1.165, 1.54) is 68.1 Å². The Morgan fingerprint density at radius 1 is 0.971 bits per heavy atom. The first-order valence-electron chi connectivity index (χ1n) is 14.1. The smallest absolute Gasteiger partial charge is 0.126 e. The molecule has 2 unspecified atom stereocenters. The van der Waals surface area contributed by atoms with Gasteiger partial charge in [0.25, 0.3) is 0 Å². The molecule has 0 saturated heterocycles. The first-order valence-corrected chi connectivity index (χ1v) is 14.1. The zero-order valence-electron chi connectivity index (χ0n) is 23.8. The minimum Gasteiger partial charge on any atom is -0.489 e. The van der Waals surface area contributed by atoms with Crippen LogP contribution in [0.2, 0.25) is 0 Å². The molecule has 0 fully saturated rings. The molecule has 1 aliphatic rings. The summed E-state index contributed by atoms with van der Waals surface area (Å²) in [6.07, 6.45) is 14.2. The average molecular weight is 471 g/mol. The second-order valence-electron chi connectivity index (χ2n) is 12.3. The molecular weight excluding hydrogens is 416 g/mol. The molecule has 1 aromatic carbocycles. The molecular formula is C32H54O2. The first-order chi connectivity index (χ1) is 16.0. The fourth-order valence-electron chi connectivity index (χ4n) is 5.28. The number of rotatable bonds is 15. The van der Waals surface area contributed by atoms with E-state index < -0.39 is 0 Å². The summed E-state index contributed by atoms with van der Waals surface area (Å²) in [5, 5.41) is 0. The van der Waals surface area contributed by atoms with Crippen LogP contribution in [0.3, 0.4) is 0 Å². The van der Waals surface area contributed by atoms with Crippen LogP contribution in [0.1, 0.15) is 122 Å². The fraction of sp³-hybridized carbons (Fsp3) is 0.750. The Labute approximate surface area is 211 Å². The number of ether oxygens (including phenoxy) is 2. The van der Waals surface area contributed by atoms with Gasteiger partial charge in [0.05, 0.1) is 0 Å². The third-order valence-electron chi connectivity index (χ3n) is 7.89. The van der Waals surface area contributed by atoms with Crippen LogP contribution in [0.15, 0.2) is 18.2 Å². The summed E-state index contributed by atoms with van der Waals surface area (Å²) in [5.41, 5.74) is 4.72.